The van der Waals surface area contributed by atoms with E-state index in [1.807, 2.05) is 6.92 Å². The van der Waals surface area contributed by atoms with Crippen molar-refractivity contribution >= 4 is 33.3 Å². The lowest BCUT2D eigenvalue weighted by Crippen LogP contribution is -2.67. The topological polar surface area (TPSA) is 35.5 Å². The molecule has 0 bridgehead atoms. The van der Waals surface area contributed by atoms with Crippen LogP contribution in [-0.4, -0.2) is 35.6 Å². The van der Waals surface area contributed by atoms with Crippen LogP contribution in [-0.2, 0) is 13.6 Å². The maximum atomic E-state index is 11.9. The number of aldehydes is 1. The molecule has 5 heteroatoms. The fraction of sp³-hybridized carbons (Fsp3) is 0.552. The van der Waals surface area contributed by atoms with Gasteiger partial charge in [-0.15, -0.1) is 0 Å². The SMILES string of the molecule is CC[Si](CC)(CC)O[C@@H]([C@H](C)C=O)[C@@H](C)CO[Si](c1ccccc1)(c1ccccc1)C(C)(C)C. The van der Waals surface area contributed by atoms with E-state index in [0.29, 0.717) is 6.61 Å². The summed E-state index contributed by atoms with van der Waals surface area (Å²) in [7, 11) is -4.48. The van der Waals surface area contributed by atoms with E-state index in [2.05, 4.69) is 109 Å². The minimum atomic E-state index is -2.62. The molecule has 2 rings (SSSR count). The highest BCUT2D eigenvalue weighted by Gasteiger charge is 2.50. The van der Waals surface area contributed by atoms with Gasteiger partial charge in [0.25, 0.3) is 8.32 Å². The zero-order chi connectivity index (χ0) is 25.4. The van der Waals surface area contributed by atoms with Crippen LogP contribution < -0.4 is 10.4 Å². The Bertz CT molecular complexity index is 812. The van der Waals surface area contributed by atoms with Gasteiger partial charge in [-0.1, -0.05) is 116 Å². The largest absolute Gasteiger partial charge is 0.413 e. The number of hydrogen-bond donors (Lipinski definition) is 0. The van der Waals surface area contributed by atoms with Gasteiger partial charge in [0.1, 0.15) is 6.29 Å². The van der Waals surface area contributed by atoms with Crippen molar-refractivity contribution in [1.29, 1.82) is 0 Å². The van der Waals surface area contributed by atoms with Crippen LogP contribution in [0.4, 0.5) is 0 Å². The van der Waals surface area contributed by atoms with Crippen molar-refractivity contribution in [1.82, 2.24) is 0 Å². The lowest BCUT2D eigenvalue weighted by molar-refractivity contribution is -0.114. The highest BCUT2D eigenvalue weighted by molar-refractivity contribution is 6.99. The van der Waals surface area contributed by atoms with Crippen LogP contribution in [0.5, 0.6) is 0 Å². The zero-order valence-electron chi connectivity index (χ0n) is 22.6. The van der Waals surface area contributed by atoms with Crippen LogP contribution in [0, 0.1) is 11.8 Å². The van der Waals surface area contributed by atoms with E-state index in [4.69, 9.17) is 8.85 Å². The molecule has 2 aromatic carbocycles. The van der Waals surface area contributed by atoms with E-state index < -0.39 is 16.6 Å². The number of hydrogen-bond acceptors (Lipinski definition) is 3. The molecule has 0 aliphatic heterocycles. The van der Waals surface area contributed by atoms with Crippen molar-refractivity contribution in [3.05, 3.63) is 60.7 Å². The van der Waals surface area contributed by atoms with Gasteiger partial charge in [0.2, 0.25) is 0 Å². The van der Waals surface area contributed by atoms with E-state index >= 15 is 0 Å². The zero-order valence-corrected chi connectivity index (χ0v) is 24.6. The van der Waals surface area contributed by atoms with Gasteiger partial charge in [-0.2, -0.15) is 0 Å². The molecule has 0 heterocycles. The van der Waals surface area contributed by atoms with Gasteiger partial charge < -0.3 is 13.6 Å². The molecular weight excluding hydrogens is 452 g/mol. The van der Waals surface area contributed by atoms with Crippen molar-refractivity contribution in [2.75, 3.05) is 6.61 Å². The Morgan fingerprint density at radius 1 is 0.824 bits per heavy atom. The van der Waals surface area contributed by atoms with Crippen LogP contribution in [0.2, 0.25) is 23.2 Å². The smallest absolute Gasteiger partial charge is 0.261 e. The lowest BCUT2D eigenvalue weighted by Gasteiger charge is -2.44. The van der Waals surface area contributed by atoms with Crippen molar-refractivity contribution in [3.63, 3.8) is 0 Å². The van der Waals surface area contributed by atoms with E-state index in [9.17, 15) is 4.79 Å². The second-order valence-corrected chi connectivity index (χ2v) is 19.8. The van der Waals surface area contributed by atoms with Gasteiger partial charge >= 0.3 is 0 Å². The third-order valence-electron chi connectivity index (χ3n) is 7.59. The Balaban J connectivity index is 2.48. The van der Waals surface area contributed by atoms with Crippen molar-refractivity contribution in [3.8, 4) is 0 Å². The summed E-state index contributed by atoms with van der Waals surface area (Å²) in [4.78, 5) is 11.9. The van der Waals surface area contributed by atoms with Crippen molar-refractivity contribution < 1.29 is 13.6 Å². The molecule has 188 valence electrons. The predicted molar refractivity (Wildman–Crippen MR) is 150 cm³/mol. The van der Waals surface area contributed by atoms with Gasteiger partial charge in [0, 0.05) is 18.4 Å². The van der Waals surface area contributed by atoms with Crippen molar-refractivity contribution in [2.45, 2.75) is 84.7 Å². The van der Waals surface area contributed by atoms with Gasteiger partial charge in [0.05, 0.1) is 6.10 Å². The number of rotatable bonds is 13. The van der Waals surface area contributed by atoms with Crippen LogP contribution in [0.3, 0.4) is 0 Å². The highest BCUT2D eigenvalue weighted by Crippen LogP contribution is 2.38. The summed E-state index contributed by atoms with van der Waals surface area (Å²) >= 11 is 0. The molecule has 34 heavy (non-hydrogen) atoms. The molecule has 0 N–H and O–H groups in total. The quantitative estimate of drug-likeness (QED) is 0.236. The Morgan fingerprint density at radius 3 is 1.62 bits per heavy atom. The number of carbonyl (C=O) groups excluding carboxylic acids is 1. The highest BCUT2D eigenvalue weighted by atomic mass is 28.4. The second kappa shape index (κ2) is 12.4. The maximum Gasteiger partial charge on any atom is 0.261 e. The van der Waals surface area contributed by atoms with Gasteiger partial charge in [-0.05, 0) is 33.5 Å². The summed E-state index contributed by atoms with van der Waals surface area (Å²) in [5, 5.41) is 2.49. The molecule has 0 aliphatic rings. The Hall–Kier alpha value is -1.54. The molecule has 3 atom stereocenters. The molecule has 0 aliphatic carbocycles. The number of benzene rings is 2. The van der Waals surface area contributed by atoms with Gasteiger partial charge in [-0.25, -0.2) is 0 Å². The summed E-state index contributed by atoms with van der Waals surface area (Å²) in [5.41, 5.74) is 0. The summed E-state index contributed by atoms with van der Waals surface area (Å²) in [6.07, 6.45) is 0.937. The van der Waals surface area contributed by atoms with Gasteiger partial charge in [0.15, 0.2) is 8.32 Å². The van der Waals surface area contributed by atoms with E-state index in [0.717, 1.165) is 24.4 Å². The normalized spacial score (nSPS) is 15.5. The molecule has 0 saturated heterocycles. The monoisotopic (exact) mass is 498 g/mol. The fourth-order valence-corrected chi connectivity index (χ4v) is 12.9. The molecule has 2 aromatic rings. The third-order valence-corrected chi connectivity index (χ3v) is 17.2. The molecule has 0 aromatic heterocycles. The average Bonchev–Trinajstić information content (AvgIpc) is 2.85. The second-order valence-electron chi connectivity index (χ2n) is 10.8. The van der Waals surface area contributed by atoms with Crippen LogP contribution >= 0.6 is 0 Å². The van der Waals surface area contributed by atoms with Gasteiger partial charge in [-0.3, -0.25) is 0 Å². The molecule has 0 fully saturated rings. The molecule has 0 amide bonds. The molecule has 0 unspecified atom stereocenters. The Labute approximate surface area is 210 Å². The number of carbonyl (C=O) groups is 1. The minimum absolute atomic E-state index is 0.0726. The van der Waals surface area contributed by atoms with E-state index in [-0.39, 0.29) is 23.0 Å². The van der Waals surface area contributed by atoms with Crippen LogP contribution in [0.1, 0.15) is 55.4 Å². The first kappa shape index (κ1) is 28.7. The molecule has 3 nitrogen and oxygen atoms in total. The first-order valence-electron chi connectivity index (χ1n) is 13.0. The predicted octanol–water partition coefficient (Wildman–Crippen LogP) is 6.42. The average molecular weight is 499 g/mol. The standard InChI is InChI=1S/C29H46O3Si2/c1-9-33(10-2,11-3)32-28(24(4)22-30)25(5)23-31-34(29(6,7)8,26-18-14-12-15-19-26)27-20-16-13-17-21-27/h12-22,24-25,28H,9-11,23H2,1-8H3/t24-,25+,28+/m1/s1. The lowest BCUT2D eigenvalue weighted by atomic mass is 9.95. The molecule has 0 saturated carbocycles. The Kier molecular flexibility index (Phi) is 10.5. The minimum Gasteiger partial charge on any atom is -0.413 e. The fourth-order valence-electron chi connectivity index (χ4n) is 5.22. The van der Waals surface area contributed by atoms with Crippen LogP contribution in [0.25, 0.3) is 0 Å². The summed E-state index contributed by atoms with van der Waals surface area (Å²) in [6, 6.07) is 24.7. The van der Waals surface area contributed by atoms with E-state index in [1.165, 1.54) is 10.4 Å². The summed E-state index contributed by atoms with van der Waals surface area (Å²) in [5.74, 6) is -0.0485. The molecular formula is C29H46O3Si2. The first-order valence-corrected chi connectivity index (χ1v) is 17.4. The van der Waals surface area contributed by atoms with Crippen LogP contribution in [0.15, 0.2) is 60.7 Å². The van der Waals surface area contributed by atoms with E-state index in [1.54, 1.807) is 0 Å². The molecule has 0 spiro atoms. The summed E-state index contributed by atoms with van der Waals surface area (Å²) < 4.78 is 14.1. The third kappa shape index (κ3) is 6.17. The maximum absolute atomic E-state index is 11.9. The first-order chi connectivity index (χ1) is 16.1. The van der Waals surface area contributed by atoms with Crippen molar-refractivity contribution in [2.24, 2.45) is 11.8 Å². The molecule has 0 radical (unpaired) electrons. The Morgan fingerprint density at radius 2 is 1.26 bits per heavy atom. The summed E-state index contributed by atoms with van der Waals surface area (Å²) in [6.45, 7) is 18.4.